The van der Waals surface area contributed by atoms with Crippen molar-refractivity contribution in [2.24, 2.45) is 0 Å². The van der Waals surface area contributed by atoms with Gasteiger partial charge in [0.05, 0.1) is 0 Å². The molecular formula is C20H21FN2O2S. The molecule has 0 atom stereocenters. The number of benzene rings is 2. The zero-order chi connectivity index (χ0) is 18.7. The lowest BCUT2D eigenvalue weighted by Crippen LogP contribution is -2.37. The predicted octanol–water partition coefficient (Wildman–Crippen LogP) is 3.88. The van der Waals surface area contributed by atoms with Crippen molar-refractivity contribution in [1.29, 1.82) is 0 Å². The molecule has 0 spiro atoms. The molecule has 26 heavy (non-hydrogen) atoms. The summed E-state index contributed by atoms with van der Waals surface area (Å²) in [6.45, 7) is 5.02. The van der Waals surface area contributed by atoms with Gasteiger partial charge in [-0.2, -0.15) is 11.8 Å². The number of amides is 2. The van der Waals surface area contributed by atoms with Crippen LogP contribution in [0.15, 0.2) is 36.4 Å². The number of nitrogens with zero attached hydrogens (tertiary/aromatic N) is 1. The SMILES string of the molecule is Cc1ccc(C(=O)Nc2ccc(C(=O)N3CCSCC3)cc2C)cc1F. The van der Waals surface area contributed by atoms with Crippen LogP contribution in [0, 0.1) is 19.7 Å². The van der Waals surface area contributed by atoms with E-state index in [2.05, 4.69) is 5.32 Å². The van der Waals surface area contributed by atoms with Crippen molar-refractivity contribution in [3.63, 3.8) is 0 Å². The molecule has 1 heterocycles. The fourth-order valence-electron chi connectivity index (χ4n) is 2.81. The highest BCUT2D eigenvalue weighted by Crippen LogP contribution is 2.20. The highest BCUT2D eigenvalue weighted by Gasteiger charge is 2.19. The molecular weight excluding hydrogens is 351 g/mol. The molecule has 1 aliphatic heterocycles. The second-order valence-corrected chi connectivity index (χ2v) is 7.58. The van der Waals surface area contributed by atoms with E-state index in [4.69, 9.17) is 0 Å². The summed E-state index contributed by atoms with van der Waals surface area (Å²) in [5, 5.41) is 2.79. The smallest absolute Gasteiger partial charge is 0.255 e. The van der Waals surface area contributed by atoms with Crippen LogP contribution >= 0.6 is 11.8 Å². The topological polar surface area (TPSA) is 49.4 Å². The van der Waals surface area contributed by atoms with Crippen LogP contribution in [0.5, 0.6) is 0 Å². The number of rotatable bonds is 3. The number of aryl methyl sites for hydroxylation is 2. The number of thioether (sulfide) groups is 1. The molecule has 136 valence electrons. The Morgan fingerprint density at radius 1 is 1.00 bits per heavy atom. The first-order valence-electron chi connectivity index (χ1n) is 8.51. The van der Waals surface area contributed by atoms with Crippen molar-refractivity contribution < 1.29 is 14.0 Å². The van der Waals surface area contributed by atoms with E-state index in [-0.39, 0.29) is 17.4 Å². The van der Waals surface area contributed by atoms with Gasteiger partial charge in [-0.1, -0.05) is 6.07 Å². The summed E-state index contributed by atoms with van der Waals surface area (Å²) in [5.41, 5.74) is 2.79. The minimum absolute atomic E-state index is 0.0203. The zero-order valence-electron chi connectivity index (χ0n) is 14.8. The molecule has 2 amide bonds. The fourth-order valence-corrected chi connectivity index (χ4v) is 3.72. The van der Waals surface area contributed by atoms with Crippen LogP contribution in [0.25, 0.3) is 0 Å². The standard InChI is InChI=1S/C20H21FN2O2S/c1-13-3-4-15(12-17(13)21)19(24)22-18-6-5-16(11-14(18)2)20(25)23-7-9-26-10-8-23/h3-6,11-12H,7-10H2,1-2H3,(H,22,24). The van der Waals surface area contributed by atoms with Gasteiger partial charge in [0.15, 0.2) is 0 Å². The molecule has 4 nitrogen and oxygen atoms in total. The third kappa shape index (κ3) is 4.07. The van der Waals surface area contributed by atoms with Gasteiger partial charge in [-0.25, -0.2) is 4.39 Å². The normalized spacial score (nSPS) is 14.2. The van der Waals surface area contributed by atoms with E-state index in [9.17, 15) is 14.0 Å². The lowest BCUT2D eigenvalue weighted by Gasteiger charge is -2.26. The second-order valence-electron chi connectivity index (χ2n) is 6.35. The Bertz CT molecular complexity index is 848. The average molecular weight is 372 g/mol. The lowest BCUT2D eigenvalue weighted by molar-refractivity contribution is 0.0772. The van der Waals surface area contributed by atoms with Gasteiger partial charge in [0.1, 0.15) is 5.82 Å². The first-order valence-corrected chi connectivity index (χ1v) is 9.66. The van der Waals surface area contributed by atoms with Crippen LogP contribution in [0.3, 0.4) is 0 Å². The summed E-state index contributed by atoms with van der Waals surface area (Å²) < 4.78 is 13.7. The number of carbonyl (C=O) groups is 2. The molecule has 0 radical (unpaired) electrons. The number of carbonyl (C=O) groups excluding carboxylic acids is 2. The average Bonchev–Trinajstić information content (AvgIpc) is 2.65. The molecule has 1 saturated heterocycles. The zero-order valence-corrected chi connectivity index (χ0v) is 15.7. The van der Waals surface area contributed by atoms with Gasteiger partial charge in [0.25, 0.3) is 11.8 Å². The first kappa shape index (κ1) is 18.5. The van der Waals surface area contributed by atoms with E-state index >= 15 is 0 Å². The van der Waals surface area contributed by atoms with Gasteiger partial charge in [0.2, 0.25) is 0 Å². The monoisotopic (exact) mass is 372 g/mol. The van der Waals surface area contributed by atoms with Gasteiger partial charge in [-0.3, -0.25) is 9.59 Å². The number of hydrogen-bond acceptors (Lipinski definition) is 3. The highest BCUT2D eigenvalue weighted by atomic mass is 32.2. The van der Waals surface area contributed by atoms with Crippen LogP contribution in [-0.2, 0) is 0 Å². The minimum atomic E-state index is -0.407. The van der Waals surface area contributed by atoms with Crippen molar-refractivity contribution in [3.8, 4) is 0 Å². The van der Waals surface area contributed by atoms with Crippen molar-refractivity contribution >= 4 is 29.3 Å². The lowest BCUT2D eigenvalue weighted by atomic mass is 10.1. The Morgan fingerprint density at radius 3 is 2.35 bits per heavy atom. The predicted molar refractivity (Wildman–Crippen MR) is 103 cm³/mol. The molecule has 0 bridgehead atoms. The van der Waals surface area contributed by atoms with Crippen LogP contribution in [0.2, 0.25) is 0 Å². The molecule has 1 aliphatic rings. The number of halogens is 1. The first-order chi connectivity index (χ1) is 12.5. The maximum absolute atomic E-state index is 13.7. The van der Waals surface area contributed by atoms with Crippen molar-refractivity contribution in [2.45, 2.75) is 13.8 Å². The van der Waals surface area contributed by atoms with Gasteiger partial charge in [-0.05, 0) is 55.3 Å². The number of anilines is 1. The van der Waals surface area contributed by atoms with Gasteiger partial charge >= 0.3 is 0 Å². The summed E-state index contributed by atoms with van der Waals surface area (Å²) in [6, 6.07) is 9.64. The van der Waals surface area contributed by atoms with Crippen molar-refractivity contribution in [3.05, 3.63) is 64.5 Å². The van der Waals surface area contributed by atoms with E-state index in [1.54, 1.807) is 37.3 Å². The Hall–Kier alpha value is -2.34. The van der Waals surface area contributed by atoms with Crippen LogP contribution in [0.4, 0.5) is 10.1 Å². The third-order valence-electron chi connectivity index (χ3n) is 4.45. The molecule has 2 aromatic rings. The Kier molecular flexibility index (Phi) is 5.61. The molecule has 2 aromatic carbocycles. The molecule has 1 fully saturated rings. The summed E-state index contributed by atoms with van der Waals surface area (Å²) in [7, 11) is 0. The summed E-state index contributed by atoms with van der Waals surface area (Å²) in [6.07, 6.45) is 0. The highest BCUT2D eigenvalue weighted by molar-refractivity contribution is 7.99. The molecule has 3 rings (SSSR count). The number of hydrogen-bond donors (Lipinski definition) is 1. The van der Waals surface area contributed by atoms with Gasteiger partial charge < -0.3 is 10.2 Å². The van der Waals surface area contributed by atoms with E-state index in [1.807, 2.05) is 23.6 Å². The molecule has 0 unspecified atom stereocenters. The van der Waals surface area contributed by atoms with Crippen molar-refractivity contribution in [2.75, 3.05) is 29.9 Å². The van der Waals surface area contributed by atoms with Crippen molar-refractivity contribution in [1.82, 2.24) is 4.90 Å². The van der Waals surface area contributed by atoms with E-state index in [0.29, 0.717) is 16.8 Å². The van der Waals surface area contributed by atoms with Gasteiger partial charge in [-0.15, -0.1) is 0 Å². The quantitative estimate of drug-likeness (QED) is 0.889. The number of nitrogens with one attached hydrogen (secondary N) is 1. The van der Waals surface area contributed by atoms with Crippen LogP contribution < -0.4 is 5.32 Å². The Balaban J connectivity index is 1.73. The van der Waals surface area contributed by atoms with Crippen LogP contribution in [0.1, 0.15) is 31.8 Å². The summed E-state index contributed by atoms with van der Waals surface area (Å²) in [5.74, 6) is 1.17. The molecule has 0 saturated carbocycles. The molecule has 6 heteroatoms. The van der Waals surface area contributed by atoms with Gasteiger partial charge in [0, 0.05) is 41.4 Å². The third-order valence-corrected chi connectivity index (χ3v) is 5.40. The molecule has 0 aromatic heterocycles. The maximum Gasteiger partial charge on any atom is 0.255 e. The molecule has 0 aliphatic carbocycles. The molecule has 1 N–H and O–H groups in total. The summed E-state index contributed by atoms with van der Waals surface area (Å²) >= 11 is 1.86. The largest absolute Gasteiger partial charge is 0.337 e. The summed E-state index contributed by atoms with van der Waals surface area (Å²) in [4.78, 5) is 26.8. The Morgan fingerprint density at radius 2 is 1.69 bits per heavy atom. The van der Waals surface area contributed by atoms with Crippen LogP contribution in [-0.4, -0.2) is 41.3 Å². The van der Waals surface area contributed by atoms with E-state index < -0.39 is 5.82 Å². The van der Waals surface area contributed by atoms with E-state index in [1.165, 1.54) is 6.07 Å². The van der Waals surface area contributed by atoms with E-state index in [0.717, 1.165) is 30.2 Å². The second kappa shape index (κ2) is 7.91. The fraction of sp³-hybridized carbons (Fsp3) is 0.300. The minimum Gasteiger partial charge on any atom is -0.337 e. The Labute approximate surface area is 156 Å². The maximum atomic E-state index is 13.7.